The lowest BCUT2D eigenvalue weighted by atomic mass is 10.1. The highest BCUT2D eigenvalue weighted by molar-refractivity contribution is 5.71. The standard InChI is InChI=1S/C57H96O6/c1-4-7-10-13-16-19-22-24-26-28-29-30-32-33-35-38-41-44-47-50-56(59)62-53-54(52-61-55(58)49-46-43-40-37-21-18-15-12-9-6-3)63-57(60)51-48-45-42-39-36-34-31-27-25-23-20-17-14-11-8-5-2/h8,11,16-17,19-20,22,24-25,27,34,36,42,45,54H,4-7,9-10,12-15,18,21,23,26,28-33,35,37-41,43-44,46-53H2,1-3H3/b11-8-,19-16-,20-17-,24-22-,27-25-,36-34-,45-42-. The summed E-state index contributed by atoms with van der Waals surface area (Å²) < 4.78 is 16.7. The summed E-state index contributed by atoms with van der Waals surface area (Å²) in [6, 6.07) is 0. The maximum Gasteiger partial charge on any atom is 0.306 e. The van der Waals surface area contributed by atoms with Crippen molar-refractivity contribution < 1.29 is 28.6 Å². The summed E-state index contributed by atoms with van der Waals surface area (Å²) in [5, 5.41) is 0. The van der Waals surface area contributed by atoms with Crippen LogP contribution in [-0.2, 0) is 28.6 Å². The Morgan fingerprint density at radius 1 is 0.349 bits per heavy atom. The number of hydrogen-bond donors (Lipinski definition) is 0. The predicted molar refractivity (Wildman–Crippen MR) is 270 cm³/mol. The minimum atomic E-state index is -0.815. The second-order valence-corrected chi connectivity index (χ2v) is 17.1. The molecule has 0 saturated heterocycles. The third-order valence-electron chi connectivity index (χ3n) is 10.9. The number of ether oxygens (including phenoxy) is 3. The van der Waals surface area contributed by atoms with Crippen LogP contribution in [0.3, 0.4) is 0 Å². The van der Waals surface area contributed by atoms with E-state index in [1.165, 1.54) is 122 Å². The van der Waals surface area contributed by atoms with Crippen LogP contribution in [0.2, 0.25) is 0 Å². The molecule has 0 N–H and O–H groups in total. The number of esters is 3. The van der Waals surface area contributed by atoms with E-state index in [4.69, 9.17) is 14.2 Å². The van der Waals surface area contributed by atoms with Crippen molar-refractivity contribution >= 4 is 17.9 Å². The highest BCUT2D eigenvalue weighted by atomic mass is 16.6. The molecule has 0 bridgehead atoms. The maximum absolute atomic E-state index is 12.8. The molecule has 0 aromatic rings. The molecule has 0 amide bonds. The summed E-state index contributed by atoms with van der Waals surface area (Å²) in [5.74, 6) is -0.995. The molecule has 63 heavy (non-hydrogen) atoms. The van der Waals surface area contributed by atoms with E-state index in [-0.39, 0.29) is 31.6 Å². The van der Waals surface area contributed by atoms with Crippen LogP contribution in [0.5, 0.6) is 0 Å². The van der Waals surface area contributed by atoms with Gasteiger partial charge in [0.1, 0.15) is 13.2 Å². The zero-order chi connectivity index (χ0) is 45.8. The molecule has 1 atom stereocenters. The van der Waals surface area contributed by atoms with Crippen molar-refractivity contribution in [3.05, 3.63) is 85.1 Å². The second kappa shape index (κ2) is 51.2. The Balaban J connectivity index is 4.43. The molecule has 6 heteroatoms. The Morgan fingerprint density at radius 3 is 1.13 bits per heavy atom. The van der Waals surface area contributed by atoms with Gasteiger partial charge in [-0.2, -0.15) is 0 Å². The van der Waals surface area contributed by atoms with E-state index in [9.17, 15) is 14.4 Å². The summed E-state index contributed by atoms with van der Waals surface area (Å²) in [4.78, 5) is 37.9. The highest BCUT2D eigenvalue weighted by Gasteiger charge is 2.19. The Morgan fingerprint density at radius 2 is 0.698 bits per heavy atom. The molecule has 0 aromatic heterocycles. The zero-order valence-corrected chi connectivity index (χ0v) is 41.1. The number of unbranched alkanes of at least 4 members (excludes halogenated alkanes) is 22. The SMILES string of the molecule is CC/C=C\C/C=C\C/C=C\C/C=C\C/C=C\CCC(=O)OC(COC(=O)CCCCCCCCCCCC)COC(=O)CCCCCCCCCCCC/C=C\C=C/CCCCC. The van der Waals surface area contributed by atoms with E-state index in [0.29, 0.717) is 19.3 Å². The first-order chi connectivity index (χ1) is 31.0. The van der Waals surface area contributed by atoms with Crippen LogP contribution in [0.1, 0.15) is 239 Å². The van der Waals surface area contributed by atoms with Crippen LogP contribution in [0.15, 0.2) is 85.1 Å². The Labute approximate surface area is 388 Å². The second-order valence-electron chi connectivity index (χ2n) is 17.1. The molecular weight excluding hydrogens is 781 g/mol. The summed E-state index contributed by atoms with van der Waals surface area (Å²) in [6.07, 6.45) is 65.8. The largest absolute Gasteiger partial charge is 0.462 e. The highest BCUT2D eigenvalue weighted by Crippen LogP contribution is 2.14. The number of carbonyl (C=O) groups is 3. The van der Waals surface area contributed by atoms with Crippen LogP contribution in [-0.4, -0.2) is 37.2 Å². The van der Waals surface area contributed by atoms with Crippen molar-refractivity contribution in [2.45, 2.75) is 245 Å². The minimum absolute atomic E-state index is 0.106. The van der Waals surface area contributed by atoms with Crippen molar-refractivity contribution in [2.75, 3.05) is 13.2 Å². The van der Waals surface area contributed by atoms with Crippen LogP contribution in [0, 0.1) is 0 Å². The first kappa shape index (κ1) is 59.6. The van der Waals surface area contributed by atoms with Gasteiger partial charge >= 0.3 is 17.9 Å². The van der Waals surface area contributed by atoms with Gasteiger partial charge in [0, 0.05) is 19.3 Å². The quantitative estimate of drug-likeness (QED) is 0.0199. The fraction of sp³-hybridized carbons (Fsp3) is 0.702. The zero-order valence-electron chi connectivity index (χ0n) is 41.1. The van der Waals surface area contributed by atoms with Gasteiger partial charge in [-0.1, -0.05) is 228 Å². The van der Waals surface area contributed by atoms with Gasteiger partial charge < -0.3 is 14.2 Å². The number of rotatable bonds is 46. The normalized spacial score (nSPS) is 12.7. The van der Waals surface area contributed by atoms with Gasteiger partial charge in [0.2, 0.25) is 0 Å². The third kappa shape index (κ3) is 49.5. The van der Waals surface area contributed by atoms with Gasteiger partial charge in [-0.15, -0.1) is 0 Å². The van der Waals surface area contributed by atoms with Crippen molar-refractivity contribution in [2.24, 2.45) is 0 Å². The molecule has 0 saturated carbocycles. The molecule has 0 aromatic carbocycles. The van der Waals surface area contributed by atoms with Gasteiger partial charge in [-0.3, -0.25) is 14.4 Å². The van der Waals surface area contributed by atoms with Gasteiger partial charge in [0.05, 0.1) is 0 Å². The van der Waals surface area contributed by atoms with E-state index in [2.05, 4.69) is 93.7 Å². The Bertz CT molecular complexity index is 1240. The molecule has 0 fully saturated rings. The van der Waals surface area contributed by atoms with Gasteiger partial charge in [-0.25, -0.2) is 0 Å². The number of carbonyl (C=O) groups excluding carboxylic acids is 3. The minimum Gasteiger partial charge on any atom is -0.462 e. The van der Waals surface area contributed by atoms with E-state index in [0.717, 1.165) is 70.6 Å². The van der Waals surface area contributed by atoms with Crippen molar-refractivity contribution in [3.63, 3.8) is 0 Å². The van der Waals surface area contributed by atoms with Crippen LogP contribution in [0.25, 0.3) is 0 Å². The molecular formula is C57H96O6. The number of allylic oxidation sites excluding steroid dienone is 14. The lowest BCUT2D eigenvalue weighted by Gasteiger charge is -2.18. The summed E-state index contributed by atoms with van der Waals surface area (Å²) in [5.41, 5.74) is 0. The van der Waals surface area contributed by atoms with Crippen LogP contribution >= 0.6 is 0 Å². The van der Waals surface area contributed by atoms with Crippen LogP contribution in [0.4, 0.5) is 0 Å². The molecule has 0 heterocycles. The fourth-order valence-electron chi connectivity index (χ4n) is 7.01. The predicted octanol–water partition coefficient (Wildman–Crippen LogP) is 17.2. The molecule has 6 nitrogen and oxygen atoms in total. The average molecular weight is 877 g/mol. The average Bonchev–Trinajstić information content (AvgIpc) is 3.28. The molecule has 0 radical (unpaired) electrons. The van der Waals surface area contributed by atoms with E-state index >= 15 is 0 Å². The summed E-state index contributed by atoms with van der Waals surface area (Å²) in [6.45, 7) is 6.42. The lowest BCUT2D eigenvalue weighted by molar-refractivity contribution is -0.166. The van der Waals surface area contributed by atoms with E-state index < -0.39 is 12.1 Å². The molecule has 0 rings (SSSR count). The first-order valence-corrected chi connectivity index (χ1v) is 26.1. The van der Waals surface area contributed by atoms with Gasteiger partial charge in [-0.05, 0) is 77.0 Å². The lowest BCUT2D eigenvalue weighted by Crippen LogP contribution is -2.30. The molecule has 1 unspecified atom stereocenters. The summed E-state index contributed by atoms with van der Waals surface area (Å²) >= 11 is 0. The van der Waals surface area contributed by atoms with Gasteiger partial charge in [0.25, 0.3) is 0 Å². The molecule has 0 aliphatic rings. The topological polar surface area (TPSA) is 78.9 Å². The number of hydrogen-bond acceptors (Lipinski definition) is 6. The third-order valence-corrected chi connectivity index (χ3v) is 10.9. The first-order valence-electron chi connectivity index (χ1n) is 26.1. The molecule has 0 spiro atoms. The Kier molecular flexibility index (Phi) is 48.5. The Hall–Kier alpha value is -3.41. The smallest absolute Gasteiger partial charge is 0.306 e. The molecule has 360 valence electrons. The molecule has 0 aliphatic carbocycles. The van der Waals surface area contributed by atoms with E-state index in [1.54, 1.807) is 0 Å². The van der Waals surface area contributed by atoms with E-state index in [1.807, 2.05) is 12.2 Å². The summed E-state index contributed by atoms with van der Waals surface area (Å²) in [7, 11) is 0. The molecule has 0 aliphatic heterocycles. The maximum atomic E-state index is 12.8. The monoisotopic (exact) mass is 877 g/mol. The van der Waals surface area contributed by atoms with Crippen molar-refractivity contribution in [1.29, 1.82) is 0 Å². The fourth-order valence-corrected chi connectivity index (χ4v) is 7.01. The van der Waals surface area contributed by atoms with Crippen molar-refractivity contribution in [3.8, 4) is 0 Å². The van der Waals surface area contributed by atoms with Gasteiger partial charge in [0.15, 0.2) is 6.10 Å². The van der Waals surface area contributed by atoms with Crippen LogP contribution < -0.4 is 0 Å². The van der Waals surface area contributed by atoms with Crippen molar-refractivity contribution in [1.82, 2.24) is 0 Å².